The van der Waals surface area contributed by atoms with E-state index in [-0.39, 0.29) is 42.9 Å². The molecule has 8 aliphatic carbocycles. The predicted octanol–water partition coefficient (Wildman–Crippen LogP) is 2.52. The highest BCUT2D eigenvalue weighted by molar-refractivity contribution is 7.87. The molecule has 42 heavy (non-hydrogen) atoms. The molecule has 0 aliphatic heterocycles. The quantitative estimate of drug-likeness (QED) is 0.186. The number of carbonyl (C=O) groups excluding carboxylic acids is 3. The van der Waals surface area contributed by atoms with Crippen LogP contribution in [-0.4, -0.2) is 76.9 Å². The molecular formula is C28H38F2O11S. The van der Waals surface area contributed by atoms with Crippen molar-refractivity contribution in [1.29, 1.82) is 0 Å². The molecule has 8 rings (SSSR count). The Bertz CT molecular complexity index is 1240. The number of carbonyl (C=O) groups is 3. The van der Waals surface area contributed by atoms with Crippen molar-refractivity contribution < 1.29 is 60.6 Å². The van der Waals surface area contributed by atoms with Crippen molar-refractivity contribution in [1.82, 2.24) is 0 Å². The molecule has 0 saturated heterocycles. The summed E-state index contributed by atoms with van der Waals surface area (Å²) in [6.45, 7) is -1.12. The maximum absolute atomic E-state index is 14.0. The van der Waals surface area contributed by atoms with Crippen molar-refractivity contribution >= 4 is 28.0 Å². The zero-order valence-electron chi connectivity index (χ0n) is 23.3. The van der Waals surface area contributed by atoms with Gasteiger partial charge in [0.05, 0.1) is 28.6 Å². The van der Waals surface area contributed by atoms with Crippen LogP contribution in [0.3, 0.4) is 0 Å². The van der Waals surface area contributed by atoms with Crippen molar-refractivity contribution in [2.45, 2.75) is 106 Å². The first-order valence-corrected chi connectivity index (χ1v) is 16.2. The summed E-state index contributed by atoms with van der Waals surface area (Å²) in [5.74, 6) is -3.01. The van der Waals surface area contributed by atoms with Gasteiger partial charge in [0.25, 0.3) is 0 Å². The van der Waals surface area contributed by atoms with Crippen LogP contribution in [0.5, 0.6) is 0 Å². The van der Waals surface area contributed by atoms with Crippen LogP contribution in [-0.2, 0) is 38.7 Å². The Morgan fingerprint density at radius 3 is 1.62 bits per heavy atom. The third-order valence-electron chi connectivity index (χ3n) is 10.8. The molecule has 0 aromatic rings. The number of esters is 3. The molecule has 8 aliphatic rings. The number of rotatable bonds is 10. The minimum absolute atomic E-state index is 0.160. The van der Waals surface area contributed by atoms with Crippen LogP contribution in [0.15, 0.2) is 0 Å². The predicted molar refractivity (Wildman–Crippen MR) is 137 cm³/mol. The Morgan fingerprint density at radius 1 is 0.786 bits per heavy atom. The van der Waals surface area contributed by atoms with Gasteiger partial charge in [0.15, 0.2) is 0 Å². The second kappa shape index (κ2) is 9.80. The summed E-state index contributed by atoms with van der Waals surface area (Å²) in [7, 11) is -6.13. The van der Waals surface area contributed by atoms with Gasteiger partial charge in [-0.25, -0.2) is 4.79 Å². The molecule has 14 heteroatoms. The maximum atomic E-state index is 14.0. The minimum atomic E-state index is -6.13. The van der Waals surface area contributed by atoms with E-state index >= 15 is 0 Å². The number of hydrogen-bond acceptors (Lipinski definition) is 10. The van der Waals surface area contributed by atoms with Crippen LogP contribution in [0.25, 0.3) is 0 Å². The fourth-order valence-electron chi connectivity index (χ4n) is 10.2. The summed E-state index contributed by atoms with van der Waals surface area (Å²) in [6, 6.07) is 0. The summed E-state index contributed by atoms with van der Waals surface area (Å²) in [5, 5.41) is 16.6. The van der Waals surface area contributed by atoms with E-state index in [4.69, 9.17) is 18.8 Å². The summed E-state index contributed by atoms with van der Waals surface area (Å²) < 4.78 is 74.5. The van der Waals surface area contributed by atoms with Crippen LogP contribution >= 0.6 is 0 Å². The first-order chi connectivity index (χ1) is 19.4. The van der Waals surface area contributed by atoms with Gasteiger partial charge in [0, 0.05) is 6.42 Å². The van der Waals surface area contributed by atoms with Gasteiger partial charge in [-0.15, -0.1) is 0 Å². The number of halogens is 2. The molecule has 0 aromatic carbocycles. The molecular weight excluding hydrogens is 582 g/mol. The second-order valence-corrected chi connectivity index (χ2v) is 15.9. The van der Waals surface area contributed by atoms with Gasteiger partial charge < -0.3 is 24.4 Å². The zero-order valence-corrected chi connectivity index (χ0v) is 24.1. The van der Waals surface area contributed by atoms with E-state index in [1.54, 1.807) is 0 Å². The van der Waals surface area contributed by atoms with E-state index in [0.29, 0.717) is 51.4 Å². The second-order valence-electron chi connectivity index (χ2n) is 14.5. The van der Waals surface area contributed by atoms with Crippen LogP contribution in [0.2, 0.25) is 0 Å². The summed E-state index contributed by atoms with van der Waals surface area (Å²) in [5.41, 5.74) is -3.68. The average molecular weight is 621 g/mol. The van der Waals surface area contributed by atoms with Crippen LogP contribution < -0.4 is 0 Å². The Morgan fingerprint density at radius 2 is 1.21 bits per heavy atom. The SMILES string of the molecule is O=C(OCCC(COC(=O)C12CC3CC(CC(O)(C3)C1)C2)OC(=O)C(F)(F)S(=O)(=O)O)C12CC3CC(CC(O)(C3)C1)C2. The summed E-state index contributed by atoms with van der Waals surface area (Å²) >= 11 is 0. The Hall–Kier alpha value is -1.90. The smallest absolute Gasteiger partial charge is 0.465 e. The molecule has 5 atom stereocenters. The maximum Gasteiger partial charge on any atom is 0.465 e. The van der Waals surface area contributed by atoms with E-state index in [1.165, 1.54) is 0 Å². The van der Waals surface area contributed by atoms with Crippen molar-refractivity contribution in [2.75, 3.05) is 13.2 Å². The molecule has 0 heterocycles. The van der Waals surface area contributed by atoms with Crippen molar-refractivity contribution in [2.24, 2.45) is 34.5 Å². The topological polar surface area (TPSA) is 174 Å². The molecule has 5 unspecified atom stereocenters. The number of aliphatic hydroxyl groups is 2. The lowest BCUT2D eigenvalue weighted by Crippen LogP contribution is -2.58. The molecule has 8 bridgehead atoms. The molecule has 236 valence electrons. The highest BCUT2D eigenvalue weighted by Crippen LogP contribution is 2.63. The van der Waals surface area contributed by atoms with E-state index in [1.807, 2.05) is 0 Å². The molecule has 3 N–H and O–H groups in total. The minimum Gasteiger partial charge on any atom is -0.465 e. The molecule has 0 spiro atoms. The lowest BCUT2D eigenvalue weighted by atomic mass is 9.48. The standard InChI is InChI=1S/C28H38F2O11S/c29-28(30,42(36,37)38)23(33)41-20(13-40-22(32)25-7-18-4-19(8-25)12-27(35,11-18)15-25)1-2-39-21(31)24-5-16-3-17(6-24)10-26(34,9-16)14-24/h16-20,34-35H,1-15H2,(H,36,37,38). The third kappa shape index (κ3) is 5.23. The van der Waals surface area contributed by atoms with Gasteiger partial charge in [0.2, 0.25) is 0 Å². The van der Waals surface area contributed by atoms with E-state index < -0.39 is 74.6 Å². The van der Waals surface area contributed by atoms with E-state index in [9.17, 15) is 41.8 Å². The van der Waals surface area contributed by atoms with Crippen LogP contribution in [0, 0.1) is 34.5 Å². The zero-order chi connectivity index (χ0) is 30.3. The molecule has 11 nitrogen and oxygen atoms in total. The molecule has 0 aromatic heterocycles. The highest BCUT2D eigenvalue weighted by Gasteiger charge is 2.62. The Kier molecular flexibility index (Phi) is 7.03. The van der Waals surface area contributed by atoms with Crippen LogP contribution in [0.4, 0.5) is 8.78 Å². The number of hydrogen-bond donors (Lipinski definition) is 3. The normalized spacial score (nSPS) is 42.3. The van der Waals surface area contributed by atoms with Crippen molar-refractivity contribution in [3.8, 4) is 0 Å². The molecule has 8 fully saturated rings. The summed E-state index contributed by atoms with van der Waals surface area (Å²) in [6.07, 6.45) is 5.05. The molecule has 0 radical (unpaired) electrons. The lowest BCUT2D eigenvalue weighted by molar-refractivity contribution is -0.201. The summed E-state index contributed by atoms with van der Waals surface area (Å²) in [4.78, 5) is 38.6. The highest BCUT2D eigenvalue weighted by atomic mass is 32.2. The monoisotopic (exact) mass is 620 g/mol. The first kappa shape index (κ1) is 30.1. The van der Waals surface area contributed by atoms with E-state index in [2.05, 4.69) is 0 Å². The average Bonchev–Trinajstić information content (AvgIpc) is 2.83. The van der Waals surface area contributed by atoms with Gasteiger partial charge >= 0.3 is 33.3 Å². The molecule has 0 amide bonds. The number of alkyl halides is 2. The number of ether oxygens (including phenoxy) is 3. The van der Waals surface area contributed by atoms with Gasteiger partial charge in [-0.2, -0.15) is 17.2 Å². The van der Waals surface area contributed by atoms with Gasteiger partial charge in [-0.1, -0.05) is 0 Å². The van der Waals surface area contributed by atoms with Crippen molar-refractivity contribution in [3.63, 3.8) is 0 Å². The van der Waals surface area contributed by atoms with E-state index in [0.717, 1.165) is 12.8 Å². The molecule has 8 saturated carbocycles. The lowest BCUT2D eigenvalue weighted by Gasteiger charge is -2.58. The van der Waals surface area contributed by atoms with Crippen LogP contribution in [0.1, 0.15) is 83.5 Å². The largest absolute Gasteiger partial charge is 0.465 e. The third-order valence-corrected chi connectivity index (χ3v) is 11.6. The van der Waals surface area contributed by atoms with Crippen molar-refractivity contribution in [3.05, 3.63) is 0 Å². The first-order valence-electron chi connectivity index (χ1n) is 14.8. The Labute approximate surface area is 242 Å². The fourth-order valence-corrected chi connectivity index (χ4v) is 10.4. The van der Waals surface area contributed by atoms with Gasteiger partial charge in [-0.3, -0.25) is 14.1 Å². The van der Waals surface area contributed by atoms with Gasteiger partial charge in [-0.05, 0) is 101 Å². The fraction of sp³-hybridized carbons (Fsp3) is 0.893. The Balaban J connectivity index is 1.11. The van der Waals surface area contributed by atoms with Gasteiger partial charge in [0.1, 0.15) is 12.7 Å².